The summed E-state index contributed by atoms with van der Waals surface area (Å²) in [5, 5.41) is 4.27. The minimum atomic E-state index is 0. The van der Waals surface area contributed by atoms with Gasteiger partial charge in [0.1, 0.15) is 0 Å². The van der Waals surface area contributed by atoms with Crippen LogP contribution in [0.4, 0.5) is 0 Å². The molecule has 114 valence electrons. The third kappa shape index (κ3) is 7.63. The van der Waals surface area contributed by atoms with E-state index in [1.165, 1.54) is 18.6 Å². The molecule has 1 rings (SSSR count). The van der Waals surface area contributed by atoms with Crippen LogP contribution in [0.25, 0.3) is 0 Å². The summed E-state index contributed by atoms with van der Waals surface area (Å²) < 4.78 is 0. The number of nitrogens with one attached hydrogen (secondary N) is 1. The van der Waals surface area contributed by atoms with E-state index >= 15 is 0 Å². The van der Waals surface area contributed by atoms with Gasteiger partial charge in [-0.3, -0.25) is 4.99 Å². The van der Waals surface area contributed by atoms with Crippen LogP contribution in [0.2, 0.25) is 0 Å². The van der Waals surface area contributed by atoms with E-state index in [1.54, 1.807) is 0 Å². The molecule has 1 aliphatic rings. The van der Waals surface area contributed by atoms with Crippen LogP contribution in [-0.2, 0) is 0 Å². The van der Waals surface area contributed by atoms with E-state index in [1.807, 2.05) is 7.05 Å². The standard InChI is InChI=1S/C14H29N3S.HI/c1-6-12-11-17(9-10-18-12)13(15-5)16-8-7-14(2,3)4;/h12H,6-11H2,1-5H3,(H,15,16);1H. The van der Waals surface area contributed by atoms with Crippen molar-refractivity contribution < 1.29 is 0 Å². The maximum Gasteiger partial charge on any atom is 0.193 e. The second kappa shape index (κ2) is 9.32. The maximum absolute atomic E-state index is 4.42. The molecule has 1 unspecified atom stereocenters. The van der Waals surface area contributed by atoms with Gasteiger partial charge in [-0.25, -0.2) is 0 Å². The maximum atomic E-state index is 4.42. The lowest BCUT2D eigenvalue weighted by molar-refractivity contribution is 0.365. The van der Waals surface area contributed by atoms with Crippen LogP contribution in [0.15, 0.2) is 4.99 Å². The SMILES string of the molecule is CCC1CN(C(=NC)NCCC(C)(C)C)CCS1.I. The first-order valence-electron chi connectivity index (χ1n) is 7.03. The van der Waals surface area contributed by atoms with Crippen molar-refractivity contribution in [3.63, 3.8) is 0 Å². The zero-order valence-electron chi connectivity index (χ0n) is 13.0. The van der Waals surface area contributed by atoms with Crippen molar-refractivity contribution in [1.29, 1.82) is 0 Å². The van der Waals surface area contributed by atoms with E-state index in [-0.39, 0.29) is 24.0 Å². The predicted octanol–water partition coefficient (Wildman–Crippen LogP) is 3.44. The van der Waals surface area contributed by atoms with E-state index in [2.05, 4.69) is 54.7 Å². The Labute approximate surface area is 140 Å². The molecule has 0 spiro atoms. The highest BCUT2D eigenvalue weighted by molar-refractivity contribution is 14.0. The molecule has 0 radical (unpaired) electrons. The average Bonchev–Trinajstić information content (AvgIpc) is 2.33. The smallest absolute Gasteiger partial charge is 0.193 e. The van der Waals surface area contributed by atoms with Gasteiger partial charge in [0.05, 0.1) is 0 Å². The van der Waals surface area contributed by atoms with Gasteiger partial charge in [0.25, 0.3) is 0 Å². The van der Waals surface area contributed by atoms with Gasteiger partial charge in [0.15, 0.2) is 5.96 Å². The van der Waals surface area contributed by atoms with E-state index in [0.29, 0.717) is 5.41 Å². The van der Waals surface area contributed by atoms with E-state index < -0.39 is 0 Å². The van der Waals surface area contributed by atoms with Crippen molar-refractivity contribution in [2.45, 2.75) is 45.8 Å². The highest BCUT2D eigenvalue weighted by atomic mass is 127. The van der Waals surface area contributed by atoms with Gasteiger partial charge in [-0.15, -0.1) is 24.0 Å². The zero-order chi connectivity index (χ0) is 13.6. The first-order chi connectivity index (χ1) is 8.46. The molecule has 0 bridgehead atoms. The van der Waals surface area contributed by atoms with Crippen molar-refractivity contribution in [3.8, 4) is 0 Å². The number of thioether (sulfide) groups is 1. The molecule has 1 aliphatic heterocycles. The van der Waals surface area contributed by atoms with Gasteiger partial charge in [-0.2, -0.15) is 11.8 Å². The summed E-state index contributed by atoms with van der Waals surface area (Å²) in [7, 11) is 1.89. The molecule has 19 heavy (non-hydrogen) atoms. The van der Waals surface area contributed by atoms with Crippen molar-refractivity contribution in [3.05, 3.63) is 0 Å². The van der Waals surface area contributed by atoms with Gasteiger partial charge in [0, 0.05) is 37.7 Å². The van der Waals surface area contributed by atoms with E-state index in [4.69, 9.17) is 0 Å². The summed E-state index contributed by atoms with van der Waals surface area (Å²) >= 11 is 2.10. The Morgan fingerprint density at radius 3 is 2.63 bits per heavy atom. The second-order valence-corrected chi connectivity index (χ2v) is 7.54. The van der Waals surface area contributed by atoms with Crippen LogP contribution in [0.3, 0.4) is 0 Å². The summed E-state index contributed by atoms with van der Waals surface area (Å²) in [6, 6.07) is 0. The fourth-order valence-electron chi connectivity index (χ4n) is 2.04. The fraction of sp³-hybridized carbons (Fsp3) is 0.929. The molecule has 1 saturated heterocycles. The molecule has 0 aromatic rings. The van der Waals surface area contributed by atoms with E-state index in [0.717, 1.165) is 30.8 Å². The normalized spacial score (nSPS) is 21.0. The monoisotopic (exact) mass is 399 g/mol. The number of aliphatic imine (C=N–C) groups is 1. The van der Waals surface area contributed by atoms with Crippen molar-refractivity contribution in [1.82, 2.24) is 10.2 Å². The molecule has 1 heterocycles. The van der Waals surface area contributed by atoms with Crippen molar-refractivity contribution >= 4 is 41.7 Å². The Balaban J connectivity index is 0.00000324. The van der Waals surface area contributed by atoms with Gasteiger partial charge < -0.3 is 10.2 Å². The van der Waals surface area contributed by atoms with Crippen LogP contribution >= 0.6 is 35.7 Å². The molecule has 0 aromatic carbocycles. The average molecular weight is 399 g/mol. The Hall–Kier alpha value is 0.350. The van der Waals surface area contributed by atoms with Gasteiger partial charge >= 0.3 is 0 Å². The van der Waals surface area contributed by atoms with Crippen LogP contribution in [0.5, 0.6) is 0 Å². The molecule has 5 heteroatoms. The Morgan fingerprint density at radius 2 is 2.11 bits per heavy atom. The summed E-state index contributed by atoms with van der Waals surface area (Å²) in [6.45, 7) is 12.4. The number of hydrogen-bond acceptors (Lipinski definition) is 2. The molecule has 0 amide bonds. The highest BCUT2D eigenvalue weighted by Gasteiger charge is 2.21. The molecule has 1 fully saturated rings. The third-order valence-electron chi connectivity index (χ3n) is 3.26. The predicted molar refractivity (Wildman–Crippen MR) is 99.0 cm³/mol. The quantitative estimate of drug-likeness (QED) is 0.448. The molecular formula is C14H30IN3S. The fourth-order valence-corrected chi connectivity index (χ4v) is 3.22. The minimum Gasteiger partial charge on any atom is -0.356 e. The Bertz CT molecular complexity index is 276. The Kier molecular flexibility index (Phi) is 9.49. The molecule has 3 nitrogen and oxygen atoms in total. The summed E-state index contributed by atoms with van der Waals surface area (Å²) in [4.78, 5) is 6.83. The number of hydrogen-bond donors (Lipinski definition) is 1. The zero-order valence-corrected chi connectivity index (χ0v) is 16.2. The summed E-state index contributed by atoms with van der Waals surface area (Å²) in [5.74, 6) is 2.30. The lowest BCUT2D eigenvalue weighted by Gasteiger charge is -2.34. The number of halogens is 1. The lowest BCUT2D eigenvalue weighted by atomic mass is 9.92. The summed E-state index contributed by atoms with van der Waals surface area (Å²) in [6.07, 6.45) is 2.42. The lowest BCUT2D eigenvalue weighted by Crippen LogP contribution is -2.48. The first kappa shape index (κ1) is 19.4. The highest BCUT2D eigenvalue weighted by Crippen LogP contribution is 2.21. The third-order valence-corrected chi connectivity index (χ3v) is 4.64. The van der Waals surface area contributed by atoms with Crippen LogP contribution in [0.1, 0.15) is 40.5 Å². The minimum absolute atomic E-state index is 0. The molecule has 1 atom stereocenters. The molecule has 0 aliphatic carbocycles. The number of nitrogens with zero attached hydrogens (tertiary/aromatic N) is 2. The van der Waals surface area contributed by atoms with Crippen molar-refractivity contribution in [2.24, 2.45) is 10.4 Å². The largest absolute Gasteiger partial charge is 0.356 e. The molecular weight excluding hydrogens is 369 g/mol. The number of rotatable bonds is 3. The number of guanidine groups is 1. The van der Waals surface area contributed by atoms with Crippen LogP contribution in [0, 0.1) is 5.41 Å². The van der Waals surface area contributed by atoms with Crippen LogP contribution < -0.4 is 5.32 Å². The molecule has 0 aromatic heterocycles. The van der Waals surface area contributed by atoms with E-state index in [9.17, 15) is 0 Å². The Morgan fingerprint density at radius 1 is 1.42 bits per heavy atom. The van der Waals surface area contributed by atoms with Gasteiger partial charge in [-0.05, 0) is 18.3 Å². The molecule has 1 N–H and O–H groups in total. The summed E-state index contributed by atoms with van der Waals surface area (Å²) in [5.41, 5.74) is 0.384. The first-order valence-corrected chi connectivity index (χ1v) is 8.08. The second-order valence-electron chi connectivity index (χ2n) is 6.13. The van der Waals surface area contributed by atoms with Gasteiger partial charge in [-0.1, -0.05) is 27.7 Å². The topological polar surface area (TPSA) is 27.6 Å². The molecule has 0 saturated carbocycles. The van der Waals surface area contributed by atoms with Crippen LogP contribution in [-0.4, -0.2) is 48.5 Å². The van der Waals surface area contributed by atoms with Gasteiger partial charge in [0.2, 0.25) is 0 Å². The van der Waals surface area contributed by atoms with Crippen molar-refractivity contribution in [2.75, 3.05) is 32.4 Å².